The van der Waals surface area contributed by atoms with Crippen LogP contribution in [-0.2, 0) is 21.7 Å². The van der Waals surface area contributed by atoms with Gasteiger partial charge >= 0.3 is 0 Å². The summed E-state index contributed by atoms with van der Waals surface area (Å²) in [5.41, 5.74) is 20.4. The van der Waals surface area contributed by atoms with Gasteiger partial charge in [0.25, 0.3) is 0 Å². The summed E-state index contributed by atoms with van der Waals surface area (Å²) in [5, 5.41) is 15.5. The maximum atomic E-state index is 2.58. The quantitative estimate of drug-likeness (QED) is 0.164. The molecule has 0 aliphatic heterocycles. The van der Waals surface area contributed by atoms with Crippen LogP contribution < -0.4 is 0 Å². The highest BCUT2D eigenvalue weighted by Gasteiger charge is 2.29. The summed E-state index contributed by atoms with van der Waals surface area (Å²) in [6.07, 6.45) is 0. The molecule has 9 aromatic carbocycles. The number of nitrogens with zero attached hydrogens (tertiary/aromatic N) is 4. The summed E-state index contributed by atoms with van der Waals surface area (Å²) in [7, 11) is 0. The van der Waals surface area contributed by atoms with Crippen molar-refractivity contribution in [3.8, 4) is 11.4 Å². The SMILES string of the molecule is CC(C)(C)c1ccc2c(c1)c1cc(C(C)(C)C)ccc1n2-c1ccc2c3cc4c(cc3n3c5ccccc5c1c23)c1ccc(-n2c3ccc(C(C)(C)C)cc3c3cc(C(C)(C)C)ccc32)c2c3ccccc3n4c12. The average Bonchev–Trinajstić information content (AvgIpc) is 4.21. The Bertz CT molecular complexity index is 4460. The Morgan fingerprint density at radius 3 is 0.851 bits per heavy atom. The van der Waals surface area contributed by atoms with Crippen LogP contribution >= 0.6 is 0 Å². The van der Waals surface area contributed by atoms with Crippen molar-refractivity contribution in [3.63, 3.8) is 0 Å². The van der Waals surface area contributed by atoms with Gasteiger partial charge in [-0.25, -0.2) is 0 Å². The second-order valence-electron chi connectivity index (χ2n) is 25.9. The first kappa shape index (κ1) is 43.7. The zero-order valence-corrected chi connectivity index (χ0v) is 44.8. The minimum absolute atomic E-state index is 0.0266. The van der Waals surface area contributed by atoms with Crippen molar-refractivity contribution in [2.75, 3.05) is 0 Å². The Kier molecular flexibility index (Phi) is 8.31. The Balaban J connectivity index is 1.02. The van der Waals surface area contributed by atoms with Crippen molar-refractivity contribution in [2.45, 2.75) is 105 Å². The molecule has 0 unspecified atom stereocenters. The van der Waals surface area contributed by atoms with Crippen LogP contribution in [0.5, 0.6) is 0 Å². The molecule has 0 radical (unpaired) electrons. The Labute approximate surface area is 431 Å². The van der Waals surface area contributed by atoms with E-state index in [4.69, 9.17) is 0 Å². The van der Waals surface area contributed by atoms with Gasteiger partial charge in [-0.3, -0.25) is 0 Å². The van der Waals surface area contributed by atoms with Crippen molar-refractivity contribution < 1.29 is 0 Å². The summed E-state index contributed by atoms with van der Waals surface area (Å²) < 4.78 is 10.3. The van der Waals surface area contributed by atoms with E-state index < -0.39 is 0 Å². The van der Waals surface area contributed by atoms with E-state index in [1.807, 2.05) is 0 Å². The topological polar surface area (TPSA) is 18.7 Å². The zero-order valence-electron chi connectivity index (χ0n) is 44.8. The maximum absolute atomic E-state index is 2.58. The summed E-state index contributed by atoms with van der Waals surface area (Å²) >= 11 is 0. The third kappa shape index (κ3) is 5.69. The molecule has 4 heteroatoms. The van der Waals surface area contributed by atoms with E-state index in [1.165, 1.54) is 153 Å². The van der Waals surface area contributed by atoms with Crippen LogP contribution in [0.25, 0.3) is 131 Å². The first-order chi connectivity index (χ1) is 35.3. The van der Waals surface area contributed by atoms with E-state index in [2.05, 4.69) is 259 Å². The number of rotatable bonds is 2. The van der Waals surface area contributed by atoms with E-state index in [0.29, 0.717) is 0 Å². The average molecular weight is 959 g/mol. The fourth-order valence-corrected chi connectivity index (χ4v) is 13.3. The highest BCUT2D eigenvalue weighted by molar-refractivity contribution is 6.31. The van der Waals surface area contributed by atoms with Crippen molar-refractivity contribution in [2.24, 2.45) is 0 Å². The first-order valence-electron chi connectivity index (χ1n) is 26.8. The summed E-state index contributed by atoms with van der Waals surface area (Å²) in [5.74, 6) is 0. The molecule has 15 aromatic rings. The molecule has 6 heterocycles. The number of aromatic nitrogens is 4. The van der Waals surface area contributed by atoms with Gasteiger partial charge in [-0.1, -0.05) is 156 Å². The highest BCUT2D eigenvalue weighted by Crippen LogP contribution is 2.49. The number of para-hydroxylation sites is 2. The van der Waals surface area contributed by atoms with E-state index in [-0.39, 0.29) is 21.7 Å². The molecule has 0 atom stereocenters. The van der Waals surface area contributed by atoms with E-state index in [1.54, 1.807) is 0 Å². The van der Waals surface area contributed by atoms with Gasteiger partial charge in [0.15, 0.2) is 0 Å². The number of fused-ring (bicyclic) bond motifs is 18. The smallest absolute Gasteiger partial charge is 0.0641 e. The molecule has 74 heavy (non-hydrogen) atoms. The summed E-state index contributed by atoms with van der Waals surface area (Å²) in [6.45, 7) is 27.9. The summed E-state index contributed by atoms with van der Waals surface area (Å²) in [6, 6.07) is 61.6. The van der Waals surface area contributed by atoms with Gasteiger partial charge in [0.1, 0.15) is 0 Å². The molecule has 4 nitrogen and oxygen atoms in total. The van der Waals surface area contributed by atoms with Gasteiger partial charge in [0.05, 0.1) is 66.5 Å². The van der Waals surface area contributed by atoms with Crippen molar-refractivity contribution in [1.29, 1.82) is 0 Å². The molecule has 0 aliphatic rings. The largest absolute Gasteiger partial charge is 0.309 e. The fourth-order valence-electron chi connectivity index (χ4n) is 13.3. The lowest BCUT2D eigenvalue weighted by Gasteiger charge is -2.19. The predicted octanol–water partition coefficient (Wildman–Crippen LogP) is 19.4. The van der Waals surface area contributed by atoms with Gasteiger partial charge in [-0.2, -0.15) is 0 Å². The molecule has 0 bridgehead atoms. The van der Waals surface area contributed by atoms with Gasteiger partial charge < -0.3 is 17.9 Å². The molecule has 15 rings (SSSR count). The second-order valence-corrected chi connectivity index (χ2v) is 25.9. The van der Waals surface area contributed by atoms with Crippen LogP contribution in [0.15, 0.2) is 158 Å². The lowest BCUT2D eigenvalue weighted by atomic mass is 9.85. The minimum atomic E-state index is 0.0266. The lowest BCUT2D eigenvalue weighted by Crippen LogP contribution is -2.10. The molecule has 0 saturated carbocycles. The molecule has 362 valence electrons. The first-order valence-corrected chi connectivity index (χ1v) is 26.8. The molecular formula is C70H62N4. The van der Waals surface area contributed by atoms with Crippen LogP contribution in [-0.4, -0.2) is 17.9 Å². The summed E-state index contributed by atoms with van der Waals surface area (Å²) in [4.78, 5) is 0. The van der Waals surface area contributed by atoms with Crippen molar-refractivity contribution in [3.05, 3.63) is 180 Å². The van der Waals surface area contributed by atoms with Crippen LogP contribution in [0.4, 0.5) is 0 Å². The van der Waals surface area contributed by atoms with Crippen molar-refractivity contribution >= 4 is 120 Å². The predicted molar refractivity (Wildman–Crippen MR) is 319 cm³/mol. The monoisotopic (exact) mass is 958 g/mol. The van der Waals surface area contributed by atoms with E-state index >= 15 is 0 Å². The molecule has 6 aromatic heterocycles. The fraction of sp³-hybridized carbons (Fsp3) is 0.229. The van der Waals surface area contributed by atoms with E-state index in [0.717, 1.165) is 0 Å². The number of benzene rings is 9. The maximum Gasteiger partial charge on any atom is 0.0641 e. The van der Waals surface area contributed by atoms with Gasteiger partial charge in [0, 0.05) is 64.6 Å². The number of hydrogen-bond acceptors (Lipinski definition) is 0. The van der Waals surface area contributed by atoms with Crippen LogP contribution in [0.3, 0.4) is 0 Å². The normalized spacial score (nSPS) is 13.7. The Morgan fingerprint density at radius 1 is 0.243 bits per heavy atom. The Morgan fingerprint density at radius 2 is 0.541 bits per heavy atom. The molecular weight excluding hydrogens is 897 g/mol. The zero-order chi connectivity index (χ0) is 50.9. The second kappa shape index (κ2) is 14.1. The molecule has 0 spiro atoms. The van der Waals surface area contributed by atoms with E-state index in [9.17, 15) is 0 Å². The van der Waals surface area contributed by atoms with Crippen LogP contribution in [0.2, 0.25) is 0 Å². The third-order valence-corrected chi connectivity index (χ3v) is 17.2. The highest BCUT2D eigenvalue weighted by atomic mass is 15.0. The van der Waals surface area contributed by atoms with Gasteiger partial charge in [0.2, 0.25) is 0 Å². The third-order valence-electron chi connectivity index (χ3n) is 17.2. The minimum Gasteiger partial charge on any atom is -0.309 e. The molecule has 0 N–H and O–H groups in total. The van der Waals surface area contributed by atoms with Gasteiger partial charge in [-0.15, -0.1) is 0 Å². The van der Waals surface area contributed by atoms with Crippen molar-refractivity contribution in [1.82, 2.24) is 17.9 Å². The lowest BCUT2D eigenvalue weighted by molar-refractivity contribution is 0.590. The standard InChI is InChI=1S/C70H62N4/c1-67(2,3)39-21-27-55-47(33-39)48-34-40(68(4,5)6)22-28-56(48)71(55)59-31-25-43-51-37-62-52(38-61(51)73-53-19-15-13-17-45(53)63(59)65(43)73)44-26-32-60(64-46-18-14-16-20-54(46)74(62)66(44)64)72-57-29-23-41(69(7,8)9)35-49(57)50-36-42(70(10,11)12)24-30-58(50)72/h13-38H,1-12H3. The molecule has 0 amide bonds. The van der Waals surface area contributed by atoms with Crippen LogP contribution in [0, 0.1) is 0 Å². The Hall–Kier alpha value is -7.82. The molecule has 0 saturated heterocycles. The molecule has 0 aliphatic carbocycles. The number of hydrogen-bond donors (Lipinski definition) is 0. The van der Waals surface area contributed by atoms with Gasteiger partial charge in [-0.05, 0) is 129 Å². The van der Waals surface area contributed by atoms with Crippen LogP contribution in [0.1, 0.15) is 105 Å². The molecule has 0 fully saturated rings.